The van der Waals surface area contributed by atoms with Crippen molar-refractivity contribution in [2.75, 3.05) is 13.1 Å². The van der Waals surface area contributed by atoms with Crippen LogP contribution in [0.4, 0.5) is 0 Å². The van der Waals surface area contributed by atoms with Crippen LogP contribution in [0.15, 0.2) is 54.6 Å². The third kappa shape index (κ3) is 4.03. The highest BCUT2D eigenvalue weighted by Crippen LogP contribution is 2.30. The Kier molecular flexibility index (Phi) is 5.33. The number of aryl methyl sites for hydroxylation is 1. The van der Waals surface area contributed by atoms with E-state index < -0.39 is 0 Å². The number of aromatic hydroxyl groups is 1. The normalized spacial score (nSPS) is 21.6. The second-order valence-electron chi connectivity index (χ2n) is 7.85. The van der Waals surface area contributed by atoms with Crippen LogP contribution in [-0.2, 0) is 22.6 Å². The van der Waals surface area contributed by atoms with E-state index in [-0.39, 0.29) is 29.5 Å². The van der Waals surface area contributed by atoms with E-state index in [9.17, 15) is 14.7 Å². The molecule has 1 N–H and O–H groups in total. The third-order valence-corrected chi connectivity index (χ3v) is 5.91. The average Bonchev–Trinajstić information content (AvgIpc) is 3.01. The Morgan fingerprint density at radius 3 is 2.46 bits per heavy atom. The first-order chi connectivity index (χ1) is 13.6. The van der Waals surface area contributed by atoms with Gasteiger partial charge in [0, 0.05) is 32.1 Å². The summed E-state index contributed by atoms with van der Waals surface area (Å²) >= 11 is 0. The number of carbonyl (C=O) groups excluding carboxylic acids is 2. The van der Waals surface area contributed by atoms with E-state index in [2.05, 4.69) is 0 Å². The molecule has 2 atom stereocenters. The van der Waals surface area contributed by atoms with Gasteiger partial charge in [-0.15, -0.1) is 0 Å². The van der Waals surface area contributed by atoms with Crippen LogP contribution in [0.2, 0.25) is 0 Å². The van der Waals surface area contributed by atoms with Crippen molar-refractivity contribution < 1.29 is 14.7 Å². The summed E-state index contributed by atoms with van der Waals surface area (Å²) in [6, 6.07) is 17.2. The van der Waals surface area contributed by atoms with Crippen LogP contribution >= 0.6 is 0 Å². The van der Waals surface area contributed by atoms with Gasteiger partial charge in [-0.2, -0.15) is 0 Å². The van der Waals surface area contributed by atoms with Crippen LogP contribution in [-0.4, -0.2) is 45.9 Å². The molecule has 2 bridgehead atoms. The smallest absolute Gasteiger partial charge is 0.228 e. The molecule has 2 aromatic carbocycles. The molecule has 3 heterocycles. The molecule has 3 fully saturated rings. The molecule has 3 aliphatic rings. The summed E-state index contributed by atoms with van der Waals surface area (Å²) in [5, 5.41) is 9.38. The van der Waals surface area contributed by atoms with Crippen molar-refractivity contribution in [3.8, 4) is 5.75 Å². The number of amides is 2. The molecule has 0 spiro atoms. The molecule has 3 aliphatic heterocycles. The molecule has 5 heteroatoms. The van der Waals surface area contributed by atoms with Crippen LogP contribution in [0.25, 0.3) is 0 Å². The van der Waals surface area contributed by atoms with Gasteiger partial charge in [-0.25, -0.2) is 0 Å². The number of hydrogen-bond acceptors (Lipinski definition) is 3. The van der Waals surface area contributed by atoms with Gasteiger partial charge in [0.1, 0.15) is 5.75 Å². The first kappa shape index (κ1) is 18.5. The van der Waals surface area contributed by atoms with Gasteiger partial charge in [-0.3, -0.25) is 9.59 Å². The number of piperidine rings is 1. The second kappa shape index (κ2) is 8.05. The monoisotopic (exact) mass is 378 g/mol. The molecular weight excluding hydrogens is 352 g/mol. The van der Waals surface area contributed by atoms with Crippen molar-refractivity contribution in [1.82, 2.24) is 9.80 Å². The number of hydrogen-bond donors (Lipinski definition) is 1. The Labute approximate surface area is 165 Å². The van der Waals surface area contributed by atoms with Crippen LogP contribution in [0.1, 0.15) is 30.4 Å². The summed E-state index contributed by atoms with van der Waals surface area (Å²) in [5.74, 6) is 0.449. The fourth-order valence-electron chi connectivity index (χ4n) is 4.30. The number of phenols is 1. The number of phenolic OH excluding ortho intramolecular Hbond substituents is 1. The van der Waals surface area contributed by atoms with Gasteiger partial charge in [-0.05, 0) is 42.5 Å². The lowest BCUT2D eigenvalue weighted by Crippen LogP contribution is -2.47. The predicted molar refractivity (Wildman–Crippen MR) is 107 cm³/mol. The Morgan fingerprint density at radius 1 is 0.964 bits per heavy atom. The predicted octanol–water partition coefficient (Wildman–Crippen LogP) is 2.97. The summed E-state index contributed by atoms with van der Waals surface area (Å²) < 4.78 is 0. The maximum absolute atomic E-state index is 13.0. The van der Waals surface area contributed by atoms with E-state index in [0.717, 1.165) is 24.0 Å². The lowest BCUT2D eigenvalue weighted by atomic mass is 9.93. The minimum Gasteiger partial charge on any atom is -0.508 e. The highest BCUT2D eigenvalue weighted by molar-refractivity contribution is 5.83. The number of nitrogens with zero attached hydrogens (tertiary/aromatic N) is 2. The van der Waals surface area contributed by atoms with Gasteiger partial charge in [-0.1, -0.05) is 42.5 Å². The SMILES string of the molecule is O=C(CCc1ccc(O)cc1)N1C[C@@H]2CC[C@H](C1)N(Cc1ccccc1)C2=O. The van der Waals surface area contributed by atoms with Crippen molar-refractivity contribution in [3.05, 3.63) is 65.7 Å². The van der Waals surface area contributed by atoms with Crippen molar-refractivity contribution in [2.24, 2.45) is 5.92 Å². The molecule has 3 saturated heterocycles. The quantitative estimate of drug-likeness (QED) is 0.870. The van der Waals surface area contributed by atoms with Crippen LogP contribution in [0.5, 0.6) is 5.75 Å². The van der Waals surface area contributed by atoms with Crippen molar-refractivity contribution in [2.45, 2.75) is 38.3 Å². The van der Waals surface area contributed by atoms with Crippen molar-refractivity contribution in [3.63, 3.8) is 0 Å². The minimum absolute atomic E-state index is 0.0833. The Morgan fingerprint density at radius 2 is 1.71 bits per heavy atom. The molecule has 28 heavy (non-hydrogen) atoms. The van der Waals surface area contributed by atoms with E-state index in [1.165, 1.54) is 0 Å². The van der Waals surface area contributed by atoms with E-state index in [1.807, 2.05) is 52.3 Å². The standard InChI is InChI=1S/C23H26N2O3/c26-21-11-6-17(7-12-21)8-13-22(27)24-15-19-9-10-20(16-24)25(23(19)28)14-18-4-2-1-3-5-18/h1-7,11-12,19-20,26H,8-10,13-16H2/t19-,20+/m0/s1. The highest BCUT2D eigenvalue weighted by atomic mass is 16.3. The fourth-order valence-corrected chi connectivity index (χ4v) is 4.30. The van der Waals surface area contributed by atoms with Crippen LogP contribution in [0.3, 0.4) is 0 Å². The number of rotatable bonds is 5. The Balaban J connectivity index is 1.41. The summed E-state index contributed by atoms with van der Waals surface area (Å²) in [7, 11) is 0. The fraction of sp³-hybridized carbons (Fsp3) is 0.391. The molecule has 0 aromatic heterocycles. The maximum atomic E-state index is 13.0. The van der Waals surface area contributed by atoms with Gasteiger partial charge in [0.2, 0.25) is 11.8 Å². The van der Waals surface area contributed by atoms with Gasteiger partial charge >= 0.3 is 0 Å². The topological polar surface area (TPSA) is 60.9 Å². The molecule has 0 unspecified atom stereocenters. The molecule has 146 valence electrons. The molecular formula is C23H26N2O3. The zero-order valence-corrected chi connectivity index (χ0v) is 16.0. The van der Waals surface area contributed by atoms with E-state index in [0.29, 0.717) is 32.5 Å². The lowest BCUT2D eigenvalue weighted by Gasteiger charge is -2.36. The molecule has 0 aliphatic carbocycles. The number of fused-ring (bicyclic) bond motifs is 4. The third-order valence-electron chi connectivity index (χ3n) is 5.91. The van der Waals surface area contributed by atoms with Crippen LogP contribution in [0, 0.1) is 5.92 Å². The van der Waals surface area contributed by atoms with Crippen LogP contribution < -0.4 is 0 Å². The molecule has 2 amide bonds. The van der Waals surface area contributed by atoms with E-state index in [1.54, 1.807) is 12.1 Å². The average molecular weight is 378 g/mol. The van der Waals surface area contributed by atoms with Gasteiger partial charge in [0.05, 0.1) is 5.92 Å². The van der Waals surface area contributed by atoms with Gasteiger partial charge in [0.15, 0.2) is 0 Å². The maximum Gasteiger partial charge on any atom is 0.228 e. The minimum atomic E-state index is -0.0833. The van der Waals surface area contributed by atoms with Crippen molar-refractivity contribution >= 4 is 11.8 Å². The van der Waals surface area contributed by atoms with E-state index in [4.69, 9.17) is 0 Å². The lowest BCUT2D eigenvalue weighted by molar-refractivity contribution is -0.140. The second-order valence-corrected chi connectivity index (χ2v) is 7.85. The summed E-state index contributed by atoms with van der Waals surface area (Å²) in [5.41, 5.74) is 2.17. The first-order valence-electron chi connectivity index (χ1n) is 10.0. The number of benzene rings is 2. The molecule has 0 saturated carbocycles. The summed E-state index contributed by atoms with van der Waals surface area (Å²) in [6.45, 7) is 1.79. The van der Waals surface area contributed by atoms with Gasteiger partial charge < -0.3 is 14.9 Å². The molecule has 5 rings (SSSR count). The zero-order valence-electron chi connectivity index (χ0n) is 16.0. The first-order valence-corrected chi connectivity index (χ1v) is 10.0. The molecule has 0 radical (unpaired) electrons. The Hall–Kier alpha value is -2.82. The number of carbonyl (C=O) groups is 2. The van der Waals surface area contributed by atoms with Crippen molar-refractivity contribution in [1.29, 1.82) is 0 Å². The largest absolute Gasteiger partial charge is 0.508 e. The van der Waals surface area contributed by atoms with Gasteiger partial charge in [0.25, 0.3) is 0 Å². The summed E-state index contributed by atoms with van der Waals surface area (Å²) in [4.78, 5) is 29.7. The highest BCUT2D eigenvalue weighted by Gasteiger charge is 2.41. The Bertz CT molecular complexity index is 835. The molecule has 5 nitrogen and oxygen atoms in total. The molecule has 2 aromatic rings. The zero-order chi connectivity index (χ0) is 19.5. The summed E-state index contributed by atoms with van der Waals surface area (Å²) in [6.07, 6.45) is 2.91. The van der Waals surface area contributed by atoms with E-state index >= 15 is 0 Å².